The molecule has 1 aromatic heterocycles. The van der Waals surface area contributed by atoms with Crippen molar-refractivity contribution in [1.82, 2.24) is 15.3 Å². The average molecular weight is 419 g/mol. The quantitative estimate of drug-likeness (QED) is 0.357. The van der Waals surface area contributed by atoms with Gasteiger partial charge in [-0.1, -0.05) is 36.4 Å². The summed E-state index contributed by atoms with van der Waals surface area (Å²) in [6.45, 7) is 0. The average Bonchev–Trinajstić information content (AvgIpc) is 2.57. The van der Waals surface area contributed by atoms with Gasteiger partial charge < -0.3 is 4.90 Å². The van der Waals surface area contributed by atoms with Gasteiger partial charge in [0.05, 0.1) is 5.69 Å². The number of pyridine rings is 1. The Kier molecular flexibility index (Phi) is 9.83. The van der Waals surface area contributed by atoms with Crippen LogP contribution in [0.5, 0.6) is 0 Å². The molecule has 1 aromatic carbocycles. The van der Waals surface area contributed by atoms with Crippen molar-refractivity contribution in [3.63, 3.8) is 0 Å². The zero-order valence-electron chi connectivity index (χ0n) is 12.5. The molecule has 0 saturated heterocycles. The van der Waals surface area contributed by atoms with Crippen LogP contribution in [0.1, 0.15) is 11.3 Å². The van der Waals surface area contributed by atoms with E-state index in [0.29, 0.717) is 5.11 Å². The molecule has 1 N–H and O–H groups in total. The molecule has 0 amide bonds. The van der Waals surface area contributed by atoms with Crippen molar-refractivity contribution in [2.75, 3.05) is 14.1 Å². The number of halogens is 2. The first kappa shape index (κ1) is 19.9. The third-order valence-electron chi connectivity index (χ3n) is 2.62. The van der Waals surface area contributed by atoms with Crippen molar-refractivity contribution < 1.29 is 13.1 Å². The Balaban J connectivity index is 0.000000816. The van der Waals surface area contributed by atoms with E-state index in [0.717, 1.165) is 30.1 Å². The van der Waals surface area contributed by atoms with Crippen molar-refractivity contribution in [2.45, 2.75) is 0 Å². The summed E-state index contributed by atoms with van der Waals surface area (Å²) in [4.78, 5) is 6.14. The molecular weight excluding hydrogens is 403 g/mol. The van der Waals surface area contributed by atoms with Gasteiger partial charge >= 0.3 is 33.3 Å². The van der Waals surface area contributed by atoms with Crippen LogP contribution in [0, 0.1) is 0 Å². The Hall–Kier alpha value is -1.17. The van der Waals surface area contributed by atoms with Gasteiger partial charge in [0.15, 0.2) is 5.11 Å². The summed E-state index contributed by atoms with van der Waals surface area (Å²) in [5.41, 5.74) is 5.43. The van der Waals surface area contributed by atoms with Crippen molar-refractivity contribution in [2.24, 2.45) is 5.10 Å². The first-order valence-corrected chi connectivity index (χ1v) is 9.43. The molecule has 1 heterocycles. The van der Waals surface area contributed by atoms with Crippen LogP contribution in [0.2, 0.25) is 0 Å². The molecule has 8 heteroatoms. The molecule has 23 heavy (non-hydrogen) atoms. The second-order valence-corrected chi connectivity index (χ2v) is 6.34. The van der Waals surface area contributed by atoms with Crippen molar-refractivity contribution in [3.05, 3.63) is 66.0 Å². The number of hydrazone groups is 1. The molecule has 0 saturated carbocycles. The standard InChI is InChI=1S/C15H16N4S.2ClH.Cu/c1-19(2)15(20)18-17-14(12-8-4-3-5-9-12)13-10-6-7-11-16-13;;;/h3-11H,1-2H3,(H,18,20);2*1H;/q;;;+2/p-2. The maximum absolute atomic E-state index is 5.18. The van der Waals surface area contributed by atoms with Gasteiger partial charge in [-0.2, -0.15) is 5.10 Å². The van der Waals surface area contributed by atoms with Gasteiger partial charge in [-0.25, -0.2) is 0 Å². The number of hydrogen-bond acceptors (Lipinski definition) is 3. The third-order valence-corrected chi connectivity index (χ3v) is 3.08. The van der Waals surface area contributed by atoms with Crippen LogP contribution in [0.25, 0.3) is 0 Å². The summed E-state index contributed by atoms with van der Waals surface area (Å²) < 4.78 is 0. The topological polar surface area (TPSA) is 40.5 Å². The summed E-state index contributed by atoms with van der Waals surface area (Å²) in [5.74, 6) is 0. The Bertz CT molecular complexity index is 582. The molecule has 2 rings (SSSR count). The van der Waals surface area contributed by atoms with Gasteiger partial charge in [-0.3, -0.25) is 10.4 Å². The van der Waals surface area contributed by atoms with Crippen LogP contribution in [-0.4, -0.2) is 34.8 Å². The number of nitrogens with zero attached hydrogens (tertiary/aromatic N) is 3. The Morgan fingerprint density at radius 2 is 1.74 bits per heavy atom. The van der Waals surface area contributed by atoms with Crippen LogP contribution in [0.4, 0.5) is 0 Å². The SMILES string of the molecule is CN(C)C(=S)NN=C(c1ccccc1)c1ccccn1.[Cl][Cu][Cl]. The van der Waals surface area contributed by atoms with Crippen molar-refractivity contribution >= 4 is 43.2 Å². The molecule has 0 aliphatic heterocycles. The van der Waals surface area contributed by atoms with Crippen LogP contribution in [0.3, 0.4) is 0 Å². The van der Waals surface area contributed by atoms with Crippen molar-refractivity contribution in [3.8, 4) is 0 Å². The van der Waals surface area contributed by atoms with E-state index in [1.807, 2.05) is 62.6 Å². The molecule has 0 bridgehead atoms. The Morgan fingerprint density at radius 1 is 1.13 bits per heavy atom. The molecule has 4 nitrogen and oxygen atoms in total. The normalized spacial score (nSPS) is 10.5. The molecule has 0 atom stereocenters. The van der Waals surface area contributed by atoms with E-state index in [9.17, 15) is 0 Å². The van der Waals surface area contributed by atoms with Gasteiger partial charge in [0.25, 0.3) is 0 Å². The van der Waals surface area contributed by atoms with Gasteiger partial charge in [-0.05, 0) is 24.4 Å². The van der Waals surface area contributed by atoms with Crippen LogP contribution >= 0.6 is 32.4 Å². The first-order valence-electron chi connectivity index (χ1n) is 6.43. The number of rotatable bonds is 3. The fourth-order valence-corrected chi connectivity index (χ4v) is 1.62. The molecule has 0 aliphatic carbocycles. The molecular formula is C15H16Cl2CuN4S. The van der Waals surface area contributed by atoms with E-state index < -0.39 is 0 Å². The van der Waals surface area contributed by atoms with E-state index in [-0.39, 0.29) is 0 Å². The van der Waals surface area contributed by atoms with Crippen molar-refractivity contribution in [1.29, 1.82) is 0 Å². The number of thiocarbonyl (C=S) groups is 1. The van der Waals surface area contributed by atoms with Crippen LogP contribution in [0.15, 0.2) is 59.8 Å². The molecule has 127 valence electrons. The fraction of sp³-hybridized carbons (Fsp3) is 0.133. The predicted molar refractivity (Wildman–Crippen MR) is 97.4 cm³/mol. The molecule has 0 fully saturated rings. The zero-order valence-corrected chi connectivity index (χ0v) is 15.8. The maximum atomic E-state index is 5.18. The first-order chi connectivity index (χ1) is 11.1. The van der Waals surface area contributed by atoms with E-state index >= 15 is 0 Å². The van der Waals surface area contributed by atoms with Gasteiger partial charge in [0.1, 0.15) is 5.71 Å². The molecule has 0 unspecified atom stereocenters. The molecule has 0 radical (unpaired) electrons. The second-order valence-electron chi connectivity index (χ2n) is 4.40. The van der Waals surface area contributed by atoms with E-state index in [4.69, 9.17) is 12.2 Å². The van der Waals surface area contributed by atoms with Crippen LogP contribution < -0.4 is 5.43 Å². The number of nitrogens with one attached hydrogen (secondary N) is 1. The van der Waals surface area contributed by atoms with E-state index in [1.54, 1.807) is 11.1 Å². The van der Waals surface area contributed by atoms with E-state index in [2.05, 4.69) is 35.7 Å². The van der Waals surface area contributed by atoms with E-state index in [1.165, 1.54) is 0 Å². The number of hydrogen-bond donors (Lipinski definition) is 1. The minimum absolute atomic E-state index is 0.550. The summed E-state index contributed by atoms with van der Waals surface area (Å²) in [5, 5.41) is 4.96. The Labute approximate surface area is 156 Å². The second kappa shape index (κ2) is 11.4. The van der Waals surface area contributed by atoms with Gasteiger partial charge in [0, 0.05) is 25.9 Å². The van der Waals surface area contributed by atoms with Gasteiger partial charge in [0.2, 0.25) is 0 Å². The Morgan fingerprint density at radius 3 is 2.26 bits per heavy atom. The monoisotopic (exact) mass is 417 g/mol. The fourth-order valence-electron chi connectivity index (χ4n) is 1.57. The molecule has 2 aromatic rings. The summed E-state index contributed by atoms with van der Waals surface area (Å²) in [6.07, 6.45) is 1.75. The minimum atomic E-state index is 0.550. The molecule has 0 aliphatic rings. The third kappa shape index (κ3) is 7.29. The van der Waals surface area contributed by atoms with Gasteiger partial charge in [-0.15, -0.1) is 0 Å². The van der Waals surface area contributed by atoms with Crippen LogP contribution in [-0.2, 0) is 13.1 Å². The number of aromatic nitrogens is 1. The zero-order chi connectivity index (χ0) is 17.1. The predicted octanol–water partition coefficient (Wildman–Crippen LogP) is 3.65. The molecule has 0 spiro atoms. The summed E-state index contributed by atoms with van der Waals surface area (Å²) in [6, 6.07) is 15.6. The summed E-state index contributed by atoms with van der Waals surface area (Å²) >= 11 is 5.94. The number of benzene rings is 1. The summed E-state index contributed by atoms with van der Waals surface area (Å²) in [7, 11) is 13.1.